The van der Waals surface area contributed by atoms with Crippen molar-refractivity contribution in [1.29, 1.82) is 0 Å². The molecule has 5 heterocycles. The fourth-order valence-corrected chi connectivity index (χ4v) is 7.16. The third kappa shape index (κ3) is 4.48. The highest BCUT2D eigenvalue weighted by Gasteiger charge is 2.50. The third-order valence-electron chi connectivity index (χ3n) is 9.54. The van der Waals surface area contributed by atoms with Gasteiger partial charge in [0.15, 0.2) is 11.5 Å². The molecule has 1 aromatic carbocycles. The normalized spacial score (nSPS) is 20.4. The number of amides is 1. The van der Waals surface area contributed by atoms with Gasteiger partial charge in [0.05, 0.1) is 60.1 Å². The molecule has 3 aromatic heterocycles. The molecular weight excluding hydrogens is 628 g/mol. The molecule has 1 amide bonds. The summed E-state index contributed by atoms with van der Waals surface area (Å²) in [5.74, 6) is -5.49. The van der Waals surface area contributed by atoms with Crippen LogP contribution < -0.4 is 10.9 Å². The van der Waals surface area contributed by atoms with Gasteiger partial charge in [-0.1, -0.05) is 12.1 Å². The minimum atomic E-state index is -5.04. The Morgan fingerprint density at radius 3 is 2.70 bits per heavy atom. The van der Waals surface area contributed by atoms with Gasteiger partial charge in [0.2, 0.25) is 5.91 Å². The zero-order chi connectivity index (χ0) is 33.6. The number of aryl methyl sites for hydroxylation is 1. The Hall–Kier alpha value is -4.70. The van der Waals surface area contributed by atoms with Crippen molar-refractivity contribution in [1.82, 2.24) is 29.9 Å². The summed E-state index contributed by atoms with van der Waals surface area (Å²) in [5.41, 5.74) is -0.632. The minimum Gasteiger partial charge on any atom is -0.458 e. The molecular formula is C31H28F4N6O6. The Labute approximate surface area is 263 Å². The van der Waals surface area contributed by atoms with Gasteiger partial charge in [-0.15, -0.1) is 5.10 Å². The molecule has 0 saturated carbocycles. The van der Waals surface area contributed by atoms with E-state index in [9.17, 15) is 37.8 Å². The summed E-state index contributed by atoms with van der Waals surface area (Å²) < 4.78 is 65.8. The highest BCUT2D eigenvalue weighted by atomic mass is 19.4. The van der Waals surface area contributed by atoms with Crippen LogP contribution in [0, 0.1) is 12.7 Å². The number of benzene rings is 1. The van der Waals surface area contributed by atoms with Crippen molar-refractivity contribution < 1.29 is 42.1 Å². The van der Waals surface area contributed by atoms with Crippen LogP contribution in [0.5, 0.6) is 0 Å². The lowest BCUT2D eigenvalue weighted by molar-refractivity contribution is -0.172. The summed E-state index contributed by atoms with van der Waals surface area (Å²) in [6.07, 6.45) is -3.95. The second-order valence-electron chi connectivity index (χ2n) is 12.0. The second-order valence-corrected chi connectivity index (χ2v) is 12.0. The zero-order valence-electron chi connectivity index (χ0n) is 25.1. The summed E-state index contributed by atoms with van der Waals surface area (Å²) in [7, 11) is 0. The predicted molar refractivity (Wildman–Crippen MR) is 154 cm³/mol. The number of nitrogens with one attached hydrogen (secondary N) is 1. The largest absolute Gasteiger partial charge is 0.458 e. The molecule has 0 fully saturated rings. The van der Waals surface area contributed by atoms with Crippen molar-refractivity contribution in [2.75, 3.05) is 6.61 Å². The van der Waals surface area contributed by atoms with Crippen molar-refractivity contribution in [3.05, 3.63) is 73.6 Å². The number of rotatable bonds is 6. The van der Waals surface area contributed by atoms with Crippen molar-refractivity contribution in [2.24, 2.45) is 0 Å². The Morgan fingerprint density at radius 1 is 1.23 bits per heavy atom. The van der Waals surface area contributed by atoms with Crippen LogP contribution in [-0.4, -0.2) is 59.4 Å². The first kappa shape index (κ1) is 30.9. The molecule has 2 aliphatic heterocycles. The van der Waals surface area contributed by atoms with Crippen molar-refractivity contribution in [3.8, 4) is 11.4 Å². The molecule has 47 heavy (non-hydrogen) atoms. The monoisotopic (exact) mass is 656 g/mol. The number of esters is 1. The van der Waals surface area contributed by atoms with Crippen LogP contribution in [0.3, 0.4) is 0 Å². The quantitative estimate of drug-likeness (QED) is 0.184. The predicted octanol–water partition coefficient (Wildman–Crippen LogP) is 2.56. The number of ether oxygens (including phenoxy) is 1. The highest BCUT2D eigenvalue weighted by molar-refractivity contribution is 5.94. The summed E-state index contributed by atoms with van der Waals surface area (Å²) in [4.78, 5) is 44.7. The van der Waals surface area contributed by atoms with Gasteiger partial charge in [0, 0.05) is 22.6 Å². The average molecular weight is 657 g/mol. The van der Waals surface area contributed by atoms with E-state index < -0.39 is 59.3 Å². The minimum absolute atomic E-state index is 0.0673. The molecule has 12 nitrogen and oxygen atoms in total. The van der Waals surface area contributed by atoms with Gasteiger partial charge >= 0.3 is 12.1 Å². The maximum atomic E-state index is 15.2. The number of halogens is 4. The molecule has 1 unspecified atom stereocenters. The van der Waals surface area contributed by atoms with Crippen LogP contribution in [0.4, 0.5) is 17.6 Å². The van der Waals surface area contributed by atoms with E-state index in [0.717, 1.165) is 10.9 Å². The smallest absolute Gasteiger partial charge is 0.406 e. The Kier molecular flexibility index (Phi) is 7.02. The fourth-order valence-electron chi connectivity index (χ4n) is 7.16. The van der Waals surface area contributed by atoms with Crippen LogP contribution in [-0.2, 0) is 46.0 Å². The number of fused-ring (bicyclic) bond motifs is 5. The zero-order valence-corrected chi connectivity index (χ0v) is 25.1. The average Bonchev–Trinajstić information content (AvgIpc) is 3.62. The Balaban J connectivity index is 1.40. The third-order valence-corrected chi connectivity index (χ3v) is 9.54. The Bertz CT molecular complexity index is 2070. The van der Waals surface area contributed by atoms with E-state index >= 15 is 4.39 Å². The number of aliphatic hydroxyl groups excluding tert-OH is 1. The molecule has 0 spiro atoms. The van der Waals surface area contributed by atoms with Crippen LogP contribution >= 0.6 is 0 Å². The highest BCUT2D eigenvalue weighted by Crippen LogP contribution is 2.46. The van der Waals surface area contributed by atoms with E-state index in [2.05, 4.69) is 15.6 Å². The summed E-state index contributed by atoms with van der Waals surface area (Å²) in [6, 6.07) is 1.69. The first-order valence-electron chi connectivity index (χ1n) is 15.0. The first-order valence-corrected chi connectivity index (χ1v) is 15.0. The fraction of sp³-hybridized carbons (Fsp3) is 0.419. The number of alkyl halides is 3. The molecule has 0 saturated heterocycles. The van der Waals surface area contributed by atoms with E-state index in [4.69, 9.17) is 9.72 Å². The maximum Gasteiger partial charge on any atom is 0.406 e. The Morgan fingerprint density at radius 2 is 2.00 bits per heavy atom. The van der Waals surface area contributed by atoms with E-state index in [0.29, 0.717) is 27.6 Å². The van der Waals surface area contributed by atoms with Gasteiger partial charge in [-0.3, -0.25) is 9.59 Å². The molecule has 0 radical (unpaired) electrons. The molecule has 3 atom stereocenters. The SMILES string of the molecule is CC[C@@]1(O)C(=O)OCc2c1cc1n(c2=O)Cc2c-1nc1cc(F)c(C)c3c1c2[C@@H](NC(=O)C(c1cnnn1CCO)C(F)(F)F)CC3. The summed E-state index contributed by atoms with van der Waals surface area (Å²) >= 11 is 0. The van der Waals surface area contributed by atoms with Gasteiger partial charge in [-0.25, -0.2) is 18.9 Å². The van der Waals surface area contributed by atoms with Gasteiger partial charge in [-0.05, 0) is 48.9 Å². The topological polar surface area (TPSA) is 161 Å². The van der Waals surface area contributed by atoms with E-state index in [1.807, 2.05) is 0 Å². The van der Waals surface area contributed by atoms with E-state index in [1.54, 1.807) is 13.8 Å². The molecule has 4 aromatic rings. The first-order chi connectivity index (χ1) is 22.3. The molecule has 7 rings (SSSR count). The van der Waals surface area contributed by atoms with Crippen LogP contribution in [0.15, 0.2) is 23.1 Å². The maximum absolute atomic E-state index is 15.2. The van der Waals surface area contributed by atoms with Crippen molar-refractivity contribution >= 4 is 22.8 Å². The summed E-state index contributed by atoms with van der Waals surface area (Å²) in [5, 5.41) is 30.7. The number of carbonyl (C=O) groups excluding carboxylic acids is 2. The number of cyclic esters (lactones) is 1. The summed E-state index contributed by atoms with van der Waals surface area (Å²) in [6.45, 7) is 1.87. The van der Waals surface area contributed by atoms with Gasteiger partial charge in [0.25, 0.3) is 5.56 Å². The van der Waals surface area contributed by atoms with Crippen molar-refractivity contribution in [3.63, 3.8) is 0 Å². The second kappa shape index (κ2) is 10.7. The lowest BCUT2D eigenvalue weighted by Gasteiger charge is -2.31. The number of hydrogen-bond acceptors (Lipinski definition) is 9. The number of nitrogens with zero attached hydrogens (tertiary/aromatic N) is 5. The standard InChI is InChI=1S/C31H28F4N6O6/c1-3-30(46)17-8-21-26-15(11-40(21)28(44)16(17)12-47-29(30)45)24-19(5-4-14-13(2)18(32)9-20(37-26)23(14)24)38-27(43)25(31(33,34)35)22-10-36-39-41(22)6-7-42/h8-10,19,25,42,46H,3-7,11-12H2,1-2H3,(H,38,43)/t19-,25?,30-/m0/s1. The molecule has 16 heteroatoms. The molecule has 3 aliphatic rings. The van der Waals surface area contributed by atoms with E-state index in [-0.39, 0.29) is 67.0 Å². The van der Waals surface area contributed by atoms with Gasteiger partial charge in [0.1, 0.15) is 12.4 Å². The molecule has 246 valence electrons. The van der Waals surface area contributed by atoms with Gasteiger partial charge < -0.3 is 24.8 Å². The van der Waals surface area contributed by atoms with Gasteiger partial charge in [-0.2, -0.15) is 13.2 Å². The number of aliphatic hydroxyl groups is 2. The molecule has 3 N–H and O–H groups in total. The lowest BCUT2D eigenvalue weighted by Crippen LogP contribution is -2.44. The number of hydrogen-bond donors (Lipinski definition) is 3. The number of carbonyl (C=O) groups is 2. The van der Waals surface area contributed by atoms with E-state index in [1.165, 1.54) is 16.7 Å². The molecule has 1 aliphatic carbocycles. The van der Waals surface area contributed by atoms with Crippen LogP contribution in [0.1, 0.15) is 70.8 Å². The number of pyridine rings is 2. The van der Waals surface area contributed by atoms with Crippen LogP contribution in [0.25, 0.3) is 22.3 Å². The molecule has 0 bridgehead atoms. The number of aromatic nitrogens is 5. The lowest BCUT2D eigenvalue weighted by atomic mass is 9.81. The van der Waals surface area contributed by atoms with Crippen molar-refractivity contribution in [2.45, 2.75) is 76.5 Å². The van der Waals surface area contributed by atoms with Crippen LogP contribution in [0.2, 0.25) is 0 Å².